The van der Waals surface area contributed by atoms with Gasteiger partial charge in [0.05, 0.1) is 35.6 Å². The third-order valence-corrected chi connectivity index (χ3v) is 5.84. The second-order valence-corrected chi connectivity index (χ2v) is 7.95. The van der Waals surface area contributed by atoms with Crippen molar-refractivity contribution in [3.63, 3.8) is 0 Å². The highest BCUT2D eigenvalue weighted by Crippen LogP contribution is 2.39. The van der Waals surface area contributed by atoms with Crippen LogP contribution in [0.15, 0.2) is 47.1 Å². The molecule has 7 heteroatoms. The lowest BCUT2D eigenvalue weighted by Crippen LogP contribution is -2.09. The van der Waals surface area contributed by atoms with Gasteiger partial charge in [-0.05, 0) is 32.9 Å². The number of hydrogen-bond donors (Lipinski definition) is 0. The van der Waals surface area contributed by atoms with E-state index in [2.05, 4.69) is 15.1 Å². The Morgan fingerprint density at radius 1 is 1.03 bits per heavy atom. The number of ketones is 1. The Bertz CT molecular complexity index is 1490. The van der Waals surface area contributed by atoms with Crippen molar-refractivity contribution >= 4 is 27.7 Å². The lowest BCUT2D eigenvalue weighted by molar-refractivity contribution is 0.102. The van der Waals surface area contributed by atoms with Crippen LogP contribution in [0.4, 0.5) is 0 Å². The lowest BCUT2D eigenvalue weighted by atomic mass is 10.0. The van der Waals surface area contributed by atoms with E-state index in [0.717, 1.165) is 38.8 Å². The van der Waals surface area contributed by atoms with Crippen LogP contribution in [0.25, 0.3) is 33.1 Å². The maximum atomic E-state index is 13.1. The first-order chi connectivity index (χ1) is 16.4. The Kier molecular flexibility index (Phi) is 6.20. The second-order valence-electron chi connectivity index (χ2n) is 7.95. The van der Waals surface area contributed by atoms with Crippen LogP contribution in [0, 0.1) is 20.8 Å². The Morgan fingerprint density at radius 2 is 1.74 bits per heavy atom. The average Bonchev–Trinajstić information content (AvgIpc) is 3.37. The summed E-state index contributed by atoms with van der Waals surface area (Å²) >= 11 is 0. The second kappa shape index (κ2) is 9.09. The number of carbonyl (C=O) groups is 1. The number of aryl methyl sites for hydroxylation is 4. The Morgan fingerprint density at radius 3 is 2.35 bits per heavy atom. The van der Waals surface area contributed by atoms with Crippen molar-refractivity contribution < 1.29 is 14.1 Å². The highest BCUT2D eigenvalue weighted by Gasteiger charge is 2.22. The molecule has 0 atom stereocenters. The van der Waals surface area contributed by atoms with Crippen LogP contribution in [0.2, 0.25) is 0 Å². The molecule has 0 bridgehead atoms. The number of imidazole rings is 1. The fourth-order valence-electron chi connectivity index (χ4n) is 4.19. The fraction of sp³-hybridized carbons (Fsp3) is 0.259. The molecule has 0 unspecified atom stereocenters. The minimum Gasteiger partial charge on any atom is -0.496 e. The van der Waals surface area contributed by atoms with E-state index >= 15 is 0 Å². The van der Waals surface area contributed by atoms with Gasteiger partial charge in [-0.25, -0.2) is 4.98 Å². The summed E-state index contributed by atoms with van der Waals surface area (Å²) in [5.41, 5.74) is 6.50. The molecule has 3 aromatic heterocycles. The molecule has 0 saturated carbocycles. The largest absolute Gasteiger partial charge is 0.496 e. The van der Waals surface area contributed by atoms with Gasteiger partial charge in [0.15, 0.2) is 5.82 Å². The summed E-state index contributed by atoms with van der Waals surface area (Å²) in [5, 5.41) is 4.92. The van der Waals surface area contributed by atoms with Crippen molar-refractivity contribution in [2.24, 2.45) is 7.05 Å². The quantitative estimate of drug-likeness (QED) is 0.310. The maximum absolute atomic E-state index is 13.1. The third kappa shape index (κ3) is 3.73. The zero-order valence-corrected chi connectivity index (χ0v) is 20.6. The fourth-order valence-corrected chi connectivity index (χ4v) is 4.19. The summed E-state index contributed by atoms with van der Waals surface area (Å²) in [6.45, 7) is 9.77. The van der Waals surface area contributed by atoms with E-state index in [1.807, 2.05) is 82.6 Å². The van der Waals surface area contributed by atoms with Crippen LogP contribution in [0.3, 0.4) is 0 Å². The molecular weight excluding hydrogens is 428 g/mol. The number of hydrogen-bond acceptors (Lipinski definition) is 6. The molecule has 2 aromatic carbocycles. The normalized spacial score (nSPS) is 10.9. The summed E-state index contributed by atoms with van der Waals surface area (Å²) in [6.07, 6.45) is 1.70. The summed E-state index contributed by atoms with van der Waals surface area (Å²) in [7, 11) is 3.48. The highest BCUT2D eigenvalue weighted by molar-refractivity contribution is 6.11. The molecule has 0 spiro atoms. The van der Waals surface area contributed by atoms with Gasteiger partial charge < -0.3 is 13.8 Å². The van der Waals surface area contributed by atoms with Crippen LogP contribution in [0.5, 0.6) is 5.75 Å². The summed E-state index contributed by atoms with van der Waals surface area (Å²) in [6, 6.07) is 11.4. The zero-order chi connectivity index (χ0) is 24.6. The molecule has 0 radical (unpaired) electrons. The van der Waals surface area contributed by atoms with Crippen molar-refractivity contribution in [3.8, 4) is 16.9 Å². The van der Waals surface area contributed by atoms with Gasteiger partial charge in [0.1, 0.15) is 17.0 Å². The molecule has 7 nitrogen and oxygen atoms in total. The van der Waals surface area contributed by atoms with Crippen molar-refractivity contribution in [2.45, 2.75) is 34.6 Å². The van der Waals surface area contributed by atoms with Gasteiger partial charge in [0, 0.05) is 23.6 Å². The molecule has 34 heavy (non-hydrogen) atoms. The van der Waals surface area contributed by atoms with Crippen molar-refractivity contribution in [2.75, 3.05) is 7.11 Å². The Balaban J connectivity index is 0.00000133. The standard InChI is InChI=1S/C25H22N4O3.C2H6/c1-13-6-8-16(9-7-13)24(30)25-27-20-12-26-19-10-18(22-14(2)28-32-15(22)3)21(31-5)11-17(19)23(20)29(25)4;1-2/h6-12H,1-5H3;1-2H3. The predicted molar refractivity (Wildman–Crippen MR) is 133 cm³/mol. The van der Waals surface area contributed by atoms with Crippen LogP contribution in [-0.4, -0.2) is 32.6 Å². The first kappa shape index (κ1) is 23.2. The number of pyridine rings is 1. The lowest BCUT2D eigenvalue weighted by Gasteiger charge is -2.11. The zero-order valence-electron chi connectivity index (χ0n) is 20.6. The molecule has 0 saturated heterocycles. The molecule has 0 aliphatic rings. The van der Waals surface area contributed by atoms with Crippen molar-refractivity contribution in [3.05, 3.63) is 71.0 Å². The first-order valence-corrected chi connectivity index (χ1v) is 11.3. The van der Waals surface area contributed by atoms with E-state index < -0.39 is 0 Å². The van der Waals surface area contributed by atoms with Crippen LogP contribution in [0.1, 0.15) is 47.0 Å². The van der Waals surface area contributed by atoms with Gasteiger partial charge in [-0.1, -0.05) is 48.8 Å². The predicted octanol–water partition coefficient (Wildman–Crippen LogP) is 5.97. The molecule has 0 aliphatic heterocycles. The number of benzene rings is 2. The van der Waals surface area contributed by atoms with E-state index in [-0.39, 0.29) is 5.78 Å². The monoisotopic (exact) mass is 456 g/mol. The minimum atomic E-state index is -0.129. The molecule has 174 valence electrons. The van der Waals surface area contributed by atoms with Gasteiger partial charge in [0.2, 0.25) is 5.78 Å². The first-order valence-electron chi connectivity index (χ1n) is 11.3. The van der Waals surface area contributed by atoms with Crippen LogP contribution < -0.4 is 4.74 Å². The van der Waals surface area contributed by atoms with Gasteiger partial charge in [-0.3, -0.25) is 9.78 Å². The van der Waals surface area contributed by atoms with Crippen LogP contribution in [-0.2, 0) is 7.05 Å². The smallest absolute Gasteiger partial charge is 0.228 e. The minimum absolute atomic E-state index is 0.129. The molecule has 5 aromatic rings. The summed E-state index contributed by atoms with van der Waals surface area (Å²) in [4.78, 5) is 22.4. The van der Waals surface area contributed by atoms with Gasteiger partial charge in [-0.2, -0.15) is 0 Å². The average molecular weight is 457 g/mol. The van der Waals surface area contributed by atoms with Crippen molar-refractivity contribution in [1.82, 2.24) is 19.7 Å². The molecule has 0 amide bonds. The highest BCUT2D eigenvalue weighted by atomic mass is 16.5. The van der Waals surface area contributed by atoms with Gasteiger partial charge in [-0.15, -0.1) is 0 Å². The topological polar surface area (TPSA) is 83.0 Å². The molecular formula is C27H28N4O3. The van der Waals surface area contributed by atoms with Gasteiger partial charge in [0.25, 0.3) is 0 Å². The van der Waals surface area contributed by atoms with E-state index in [4.69, 9.17) is 9.26 Å². The molecule has 5 rings (SSSR count). The number of methoxy groups -OCH3 is 1. The number of rotatable bonds is 4. The summed E-state index contributed by atoms with van der Waals surface area (Å²) < 4.78 is 12.9. The van der Waals surface area contributed by atoms with E-state index in [9.17, 15) is 4.79 Å². The number of nitrogens with zero attached hydrogens (tertiary/aromatic N) is 4. The van der Waals surface area contributed by atoms with E-state index in [1.165, 1.54) is 0 Å². The molecule has 0 N–H and O–H groups in total. The Labute approximate surface area is 198 Å². The van der Waals surface area contributed by atoms with Crippen LogP contribution >= 0.6 is 0 Å². The van der Waals surface area contributed by atoms with Crippen molar-refractivity contribution in [1.29, 1.82) is 0 Å². The van der Waals surface area contributed by atoms with E-state index in [0.29, 0.717) is 28.4 Å². The third-order valence-electron chi connectivity index (χ3n) is 5.84. The Hall–Kier alpha value is -4.00. The SMILES string of the molecule is CC.COc1cc2c(cc1-c1c(C)noc1C)ncc1nc(C(=O)c3ccc(C)cc3)n(C)c12. The number of fused-ring (bicyclic) bond motifs is 3. The number of ether oxygens (including phenoxy) is 1. The molecule has 0 fully saturated rings. The van der Waals surface area contributed by atoms with Gasteiger partial charge >= 0.3 is 0 Å². The molecule has 3 heterocycles. The maximum Gasteiger partial charge on any atom is 0.228 e. The summed E-state index contributed by atoms with van der Waals surface area (Å²) in [5.74, 6) is 1.63. The number of carbonyl (C=O) groups excluding carboxylic acids is 1. The number of aromatic nitrogens is 4. The molecule has 0 aliphatic carbocycles. The van der Waals surface area contributed by atoms with E-state index in [1.54, 1.807) is 13.3 Å².